The molecule has 0 aliphatic heterocycles. The van der Waals surface area contributed by atoms with E-state index in [1.165, 1.54) is 10.6 Å². The van der Waals surface area contributed by atoms with E-state index in [0.29, 0.717) is 42.0 Å². The summed E-state index contributed by atoms with van der Waals surface area (Å²) in [6, 6.07) is 6.94. The third-order valence-electron chi connectivity index (χ3n) is 5.13. The number of hydrogen-bond donors (Lipinski definition) is 1. The van der Waals surface area contributed by atoms with Crippen LogP contribution in [0.15, 0.2) is 47.7 Å². The van der Waals surface area contributed by atoms with E-state index < -0.39 is 11.6 Å². The lowest BCUT2D eigenvalue weighted by Gasteiger charge is -2.19. The number of rotatable bonds is 8. The van der Waals surface area contributed by atoms with E-state index >= 15 is 0 Å². The first-order chi connectivity index (χ1) is 15.5. The number of anilines is 1. The van der Waals surface area contributed by atoms with Crippen molar-refractivity contribution in [2.75, 3.05) is 32.2 Å². The zero-order valence-electron chi connectivity index (χ0n) is 17.7. The Morgan fingerprint density at radius 3 is 2.72 bits per heavy atom. The van der Waals surface area contributed by atoms with Crippen LogP contribution < -0.4 is 10.5 Å². The molecule has 3 aromatic heterocycles. The summed E-state index contributed by atoms with van der Waals surface area (Å²) < 4.78 is 33.7. The Labute approximate surface area is 182 Å². The number of halogens is 2. The zero-order valence-corrected chi connectivity index (χ0v) is 17.7. The summed E-state index contributed by atoms with van der Waals surface area (Å²) >= 11 is 0. The summed E-state index contributed by atoms with van der Waals surface area (Å²) in [6.07, 6.45) is 4.06. The van der Waals surface area contributed by atoms with E-state index in [2.05, 4.69) is 19.9 Å². The van der Waals surface area contributed by atoms with Gasteiger partial charge in [-0.15, -0.1) is 0 Å². The van der Waals surface area contributed by atoms with Crippen LogP contribution in [-0.4, -0.2) is 51.8 Å². The van der Waals surface area contributed by atoms with E-state index in [0.717, 1.165) is 17.8 Å². The van der Waals surface area contributed by atoms with Crippen molar-refractivity contribution >= 4 is 17.0 Å². The molecule has 0 spiro atoms. The number of aromatic amines is 1. The molecular weight excluding hydrogens is 418 g/mol. The van der Waals surface area contributed by atoms with Gasteiger partial charge < -0.3 is 14.6 Å². The van der Waals surface area contributed by atoms with Crippen LogP contribution in [0.1, 0.15) is 5.69 Å². The lowest BCUT2D eigenvalue weighted by Crippen LogP contribution is -2.33. The fourth-order valence-corrected chi connectivity index (χ4v) is 3.38. The molecule has 0 fully saturated rings. The largest absolute Gasteiger partial charge is 0.383 e. The van der Waals surface area contributed by atoms with Crippen molar-refractivity contribution in [2.24, 2.45) is 0 Å². The third-order valence-corrected chi connectivity index (χ3v) is 5.13. The van der Waals surface area contributed by atoms with Gasteiger partial charge in [0.25, 0.3) is 5.56 Å². The predicted octanol–water partition coefficient (Wildman–Crippen LogP) is 2.79. The molecule has 0 unspecified atom stereocenters. The molecular formula is C22H22F2N6O2. The monoisotopic (exact) mass is 440 g/mol. The maximum atomic E-state index is 13.7. The summed E-state index contributed by atoms with van der Waals surface area (Å²) in [7, 11) is 3.34. The SMILES string of the molecule is COCCn1c(=O)c(N(C)CCc2c[nH]cn2)nc2ccc(-c3ccc(F)c(F)c3)nc21. The van der Waals surface area contributed by atoms with Gasteiger partial charge >= 0.3 is 0 Å². The highest BCUT2D eigenvalue weighted by atomic mass is 19.2. The van der Waals surface area contributed by atoms with Crippen LogP contribution >= 0.6 is 0 Å². The van der Waals surface area contributed by atoms with E-state index in [9.17, 15) is 13.6 Å². The minimum Gasteiger partial charge on any atom is -0.383 e. The van der Waals surface area contributed by atoms with Gasteiger partial charge in [0.05, 0.1) is 30.9 Å². The topological polar surface area (TPSA) is 88.9 Å². The summed E-state index contributed by atoms with van der Waals surface area (Å²) in [5, 5.41) is 0. The molecule has 0 saturated carbocycles. The molecule has 0 amide bonds. The fraction of sp³-hybridized carbons (Fsp3) is 0.273. The number of imidazole rings is 1. The standard InChI is InChI=1S/C22H22F2N6O2/c1-29(8-7-15-12-25-13-26-15)21-22(31)30(9-10-32-2)20-19(28-21)6-5-18(27-20)14-3-4-16(23)17(24)11-14/h3-6,11-13H,7-10H2,1-2H3,(H,25,26). The highest BCUT2D eigenvalue weighted by Crippen LogP contribution is 2.22. The molecule has 3 heterocycles. The molecule has 4 aromatic rings. The summed E-state index contributed by atoms with van der Waals surface area (Å²) in [4.78, 5) is 31.2. The molecule has 0 radical (unpaired) electrons. The van der Waals surface area contributed by atoms with Gasteiger partial charge in [0.1, 0.15) is 5.52 Å². The predicted molar refractivity (Wildman–Crippen MR) is 117 cm³/mol. The summed E-state index contributed by atoms with van der Waals surface area (Å²) in [5.41, 5.74) is 2.23. The Morgan fingerprint density at radius 2 is 2.00 bits per heavy atom. The molecule has 8 nitrogen and oxygen atoms in total. The van der Waals surface area contributed by atoms with Crippen molar-refractivity contribution < 1.29 is 13.5 Å². The number of methoxy groups -OCH3 is 1. The molecule has 4 rings (SSSR count). The maximum Gasteiger partial charge on any atom is 0.295 e. The Bertz CT molecular complexity index is 1290. The van der Waals surface area contributed by atoms with E-state index in [1.807, 2.05) is 6.20 Å². The third kappa shape index (κ3) is 4.35. The molecule has 0 saturated heterocycles. The Hall–Kier alpha value is -3.66. The first-order valence-electron chi connectivity index (χ1n) is 10.0. The van der Waals surface area contributed by atoms with Gasteiger partial charge in [0.15, 0.2) is 23.1 Å². The molecule has 32 heavy (non-hydrogen) atoms. The quantitative estimate of drug-likeness (QED) is 0.453. The van der Waals surface area contributed by atoms with E-state index in [1.54, 1.807) is 37.5 Å². The number of hydrogen-bond acceptors (Lipinski definition) is 6. The van der Waals surface area contributed by atoms with Crippen LogP contribution in [0, 0.1) is 11.6 Å². The lowest BCUT2D eigenvalue weighted by atomic mass is 10.1. The molecule has 10 heteroatoms. The minimum atomic E-state index is -0.965. The van der Waals surface area contributed by atoms with Crippen LogP contribution in [0.2, 0.25) is 0 Å². The van der Waals surface area contributed by atoms with Crippen LogP contribution in [0.3, 0.4) is 0 Å². The average Bonchev–Trinajstić information content (AvgIpc) is 3.32. The lowest BCUT2D eigenvalue weighted by molar-refractivity contribution is 0.187. The van der Waals surface area contributed by atoms with Crippen LogP contribution in [0.4, 0.5) is 14.6 Å². The number of pyridine rings is 1. The Morgan fingerprint density at radius 1 is 1.16 bits per heavy atom. The fourth-order valence-electron chi connectivity index (χ4n) is 3.38. The molecule has 1 N–H and O–H groups in total. The van der Waals surface area contributed by atoms with Gasteiger partial charge in [-0.2, -0.15) is 0 Å². The molecule has 0 aliphatic rings. The van der Waals surface area contributed by atoms with Crippen molar-refractivity contribution in [2.45, 2.75) is 13.0 Å². The molecule has 0 atom stereocenters. The van der Waals surface area contributed by atoms with Gasteiger partial charge in [-0.25, -0.2) is 23.7 Å². The first kappa shape index (κ1) is 21.6. The Balaban J connectivity index is 1.76. The van der Waals surface area contributed by atoms with Crippen LogP contribution in [0.5, 0.6) is 0 Å². The van der Waals surface area contributed by atoms with Gasteiger partial charge in [-0.3, -0.25) is 9.36 Å². The zero-order chi connectivity index (χ0) is 22.7. The number of H-pyrrole nitrogens is 1. The highest BCUT2D eigenvalue weighted by molar-refractivity contribution is 5.76. The van der Waals surface area contributed by atoms with Crippen molar-refractivity contribution in [3.05, 3.63) is 70.5 Å². The van der Waals surface area contributed by atoms with Crippen LogP contribution in [0.25, 0.3) is 22.4 Å². The van der Waals surface area contributed by atoms with Crippen molar-refractivity contribution in [1.82, 2.24) is 24.5 Å². The number of nitrogens with zero attached hydrogens (tertiary/aromatic N) is 5. The maximum absolute atomic E-state index is 13.7. The normalized spacial score (nSPS) is 11.2. The smallest absolute Gasteiger partial charge is 0.295 e. The second-order valence-corrected chi connectivity index (χ2v) is 7.29. The number of benzene rings is 1. The number of nitrogens with one attached hydrogen (secondary N) is 1. The van der Waals surface area contributed by atoms with Gasteiger partial charge in [0, 0.05) is 38.9 Å². The number of aromatic nitrogens is 5. The number of likely N-dealkylation sites (N-methyl/N-ethyl adjacent to an activating group) is 1. The second kappa shape index (κ2) is 9.23. The molecule has 166 valence electrons. The first-order valence-corrected chi connectivity index (χ1v) is 10.0. The molecule has 1 aromatic carbocycles. The number of fused-ring (bicyclic) bond motifs is 1. The Kier molecular flexibility index (Phi) is 6.22. The molecule has 0 aliphatic carbocycles. The van der Waals surface area contributed by atoms with Crippen LogP contribution in [-0.2, 0) is 17.7 Å². The van der Waals surface area contributed by atoms with Crippen molar-refractivity contribution in [3.8, 4) is 11.3 Å². The van der Waals surface area contributed by atoms with E-state index in [4.69, 9.17) is 4.74 Å². The van der Waals surface area contributed by atoms with Crippen molar-refractivity contribution in [3.63, 3.8) is 0 Å². The number of ether oxygens (including phenoxy) is 1. The summed E-state index contributed by atoms with van der Waals surface area (Å²) in [5.74, 6) is -1.62. The average molecular weight is 440 g/mol. The summed E-state index contributed by atoms with van der Waals surface area (Å²) in [6.45, 7) is 1.11. The van der Waals surface area contributed by atoms with E-state index in [-0.39, 0.29) is 17.9 Å². The van der Waals surface area contributed by atoms with Gasteiger partial charge in [0.2, 0.25) is 0 Å². The van der Waals surface area contributed by atoms with Crippen molar-refractivity contribution in [1.29, 1.82) is 0 Å². The van der Waals surface area contributed by atoms with Gasteiger partial charge in [-0.1, -0.05) is 0 Å². The minimum absolute atomic E-state index is 0.267. The molecule has 0 bridgehead atoms. The second-order valence-electron chi connectivity index (χ2n) is 7.29. The van der Waals surface area contributed by atoms with Gasteiger partial charge in [-0.05, 0) is 30.3 Å². The highest BCUT2D eigenvalue weighted by Gasteiger charge is 2.17.